The van der Waals surface area contributed by atoms with Gasteiger partial charge in [0.15, 0.2) is 5.82 Å². The number of hydrogen-bond donors (Lipinski definition) is 1. The third-order valence-electron chi connectivity index (χ3n) is 8.02. The predicted octanol–water partition coefficient (Wildman–Crippen LogP) is 3.27. The van der Waals surface area contributed by atoms with E-state index in [1.54, 1.807) is 41.8 Å². The van der Waals surface area contributed by atoms with Gasteiger partial charge in [-0.3, -0.25) is 9.69 Å². The van der Waals surface area contributed by atoms with Crippen molar-refractivity contribution >= 4 is 17.7 Å². The molecule has 186 valence electrons. The summed E-state index contributed by atoms with van der Waals surface area (Å²) in [4.78, 5) is 38.3. The first-order chi connectivity index (χ1) is 17.4. The Morgan fingerprint density at radius 3 is 2.69 bits per heavy atom. The Hall–Kier alpha value is -3.56. The lowest BCUT2D eigenvalue weighted by Crippen LogP contribution is -2.45. The SMILES string of the molecule is Cc1c(C(O)CN2CCC3(CC2)CCN(c2ccnc(-c4ccoc4)n2)C3=O)ccc2c1COC2=O. The van der Waals surface area contributed by atoms with Gasteiger partial charge < -0.3 is 19.2 Å². The highest BCUT2D eigenvalue weighted by atomic mass is 16.5. The molecule has 2 aromatic heterocycles. The molecule has 0 radical (unpaired) electrons. The quantitative estimate of drug-likeness (QED) is 0.545. The maximum absolute atomic E-state index is 13.6. The molecule has 1 N–H and O–H groups in total. The lowest BCUT2D eigenvalue weighted by molar-refractivity contribution is -0.128. The minimum Gasteiger partial charge on any atom is -0.472 e. The normalized spacial score (nSPS) is 20.1. The van der Waals surface area contributed by atoms with Crippen molar-refractivity contribution in [3.63, 3.8) is 0 Å². The van der Waals surface area contributed by atoms with Crippen LogP contribution >= 0.6 is 0 Å². The Balaban J connectivity index is 1.11. The molecule has 2 saturated heterocycles. The van der Waals surface area contributed by atoms with Gasteiger partial charge >= 0.3 is 5.97 Å². The number of anilines is 1. The number of ether oxygens (including phenoxy) is 1. The van der Waals surface area contributed by atoms with Gasteiger partial charge in [-0.2, -0.15) is 0 Å². The molecule has 1 aromatic carbocycles. The summed E-state index contributed by atoms with van der Waals surface area (Å²) in [7, 11) is 0. The lowest BCUT2D eigenvalue weighted by Gasteiger charge is -2.38. The van der Waals surface area contributed by atoms with Crippen molar-refractivity contribution in [2.75, 3.05) is 31.1 Å². The topological polar surface area (TPSA) is 109 Å². The summed E-state index contributed by atoms with van der Waals surface area (Å²) >= 11 is 0. The Labute approximate surface area is 208 Å². The molecule has 9 heteroatoms. The van der Waals surface area contributed by atoms with E-state index >= 15 is 0 Å². The van der Waals surface area contributed by atoms with Crippen LogP contribution in [0.15, 0.2) is 47.4 Å². The fraction of sp³-hybridized carbons (Fsp3) is 0.407. The minimum atomic E-state index is -0.668. The Morgan fingerprint density at radius 1 is 1.11 bits per heavy atom. The summed E-state index contributed by atoms with van der Waals surface area (Å²) in [5.41, 5.74) is 3.60. The number of hydrogen-bond acceptors (Lipinski definition) is 8. The highest BCUT2D eigenvalue weighted by Gasteiger charge is 2.49. The number of esters is 1. The molecule has 3 aromatic rings. The number of benzene rings is 1. The van der Waals surface area contributed by atoms with Gasteiger partial charge in [0.25, 0.3) is 0 Å². The lowest BCUT2D eigenvalue weighted by atomic mass is 9.77. The highest BCUT2D eigenvalue weighted by Crippen LogP contribution is 2.43. The second-order valence-corrected chi connectivity index (χ2v) is 9.94. The van der Waals surface area contributed by atoms with Crippen LogP contribution in [0.25, 0.3) is 11.4 Å². The summed E-state index contributed by atoms with van der Waals surface area (Å²) in [6, 6.07) is 7.16. The van der Waals surface area contributed by atoms with Crippen molar-refractivity contribution in [3.05, 3.63) is 65.2 Å². The van der Waals surface area contributed by atoms with E-state index in [4.69, 9.17) is 9.15 Å². The summed E-state index contributed by atoms with van der Waals surface area (Å²) in [5, 5.41) is 11.0. The van der Waals surface area contributed by atoms with E-state index in [2.05, 4.69) is 14.9 Å². The van der Waals surface area contributed by atoms with Crippen LogP contribution in [0.3, 0.4) is 0 Å². The second-order valence-electron chi connectivity index (χ2n) is 9.94. The molecule has 3 aliphatic rings. The van der Waals surface area contributed by atoms with Gasteiger partial charge in [0.05, 0.1) is 28.9 Å². The fourth-order valence-electron chi connectivity index (χ4n) is 5.77. The molecule has 5 heterocycles. The number of carbonyl (C=O) groups is 2. The number of carbonyl (C=O) groups excluding carboxylic acids is 2. The number of likely N-dealkylation sites (tertiary alicyclic amines) is 1. The minimum absolute atomic E-state index is 0.124. The monoisotopic (exact) mass is 488 g/mol. The number of cyclic esters (lactones) is 1. The van der Waals surface area contributed by atoms with Crippen LogP contribution in [0.4, 0.5) is 5.82 Å². The van der Waals surface area contributed by atoms with E-state index < -0.39 is 6.10 Å². The largest absolute Gasteiger partial charge is 0.472 e. The summed E-state index contributed by atoms with van der Waals surface area (Å²) in [5.74, 6) is 0.983. The smallest absolute Gasteiger partial charge is 0.338 e. The number of rotatable bonds is 5. The fourth-order valence-corrected chi connectivity index (χ4v) is 5.77. The summed E-state index contributed by atoms with van der Waals surface area (Å²) in [6.45, 7) is 4.81. The number of fused-ring (bicyclic) bond motifs is 1. The summed E-state index contributed by atoms with van der Waals surface area (Å²) < 4.78 is 10.3. The van der Waals surface area contributed by atoms with Crippen LogP contribution in [0, 0.1) is 12.3 Å². The van der Waals surface area contributed by atoms with Crippen LogP contribution in [0.1, 0.15) is 52.4 Å². The number of nitrogens with zero attached hydrogens (tertiary/aromatic N) is 4. The number of aliphatic hydroxyl groups is 1. The maximum atomic E-state index is 13.6. The van der Waals surface area contributed by atoms with Crippen LogP contribution in [0.5, 0.6) is 0 Å². The van der Waals surface area contributed by atoms with E-state index in [9.17, 15) is 14.7 Å². The molecule has 1 amide bonds. The average Bonchev–Trinajstić information content (AvgIpc) is 3.62. The van der Waals surface area contributed by atoms with Gasteiger partial charge in [-0.25, -0.2) is 14.8 Å². The maximum Gasteiger partial charge on any atom is 0.338 e. The molecule has 1 atom stereocenters. The van der Waals surface area contributed by atoms with Crippen molar-refractivity contribution in [1.82, 2.24) is 14.9 Å². The van der Waals surface area contributed by atoms with Crippen molar-refractivity contribution < 1.29 is 23.8 Å². The first-order valence-electron chi connectivity index (χ1n) is 12.3. The van der Waals surface area contributed by atoms with E-state index in [1.165, 1.54) is 0 Å². The van der Waals surface area contributed by atoms with Gasteiger partial charge in [0.1, 0.15) is 18.7 Å². The van der Waals surface area contributed by atoms with Crippen molar-refractivity contribution in [2.24, 2.45) is 5.41 Å². The molecule has 6 rings (SSSR count). The molecular weight excluding hydrogens is 460 g/mol. The third-order valence-corrected chi connectivity index (χ3v) is 8.02. The molecule has 36 heavy (non-hydrogen) atoms. The Morgan fingerprint density at radius 2 is 1.92 bits per heavy atom. The number of aromatic nitrogens is 2. The number of furan rings is 1. The average molecular weight is 489 g/mol. The van der Waals surface area contributed by atoms with Gasteiger partial charge in [0, 0.05) is 24.8 Å². The number of amides is 1. The van der Waals surface area contributed by atoms with Crippen LogP contribution in [-0.4, -0.2) is 58.0 Å². The van der Waals surface area contributed by atoms with Gasteiger partial charge in [-0.05, 0) is 68.6 Å². The first-order valence-corrected chi connectivity index (χ1v) is 12.3. The molecule has 9 nitrogen and oxygen atoms in total. The molecule has 0 bridgehead atoms. The van der Waals surface area contributed by atoms with Crippen LogP contribution in [-0.2, 0) is 16.1 Å². The van der Waals surface area contributed by atoms with Crippen molar-refractivity contribution in [1.29, 1.82) is 0 Å². The molecule has 1 unspecified atom stereocenters. The zero-order valence-electron chi connectivity index (χ0n) is 20.1. The molecule has 0 saturated carbocycles. The molecule has 0 aliphatic carbocycles. The Bertz CT molecular complexity index is 1310. The number of piperidine rings is 1. The van der Waals surface area contributed by atoms with Gasteiger partial charge in [0.2, 0.25) is 5.91 Å². The zero-order valence-corrected chi connectivity index (χ0v) is 20.1. The van der Waals surface area contributed by atoms with Gasteiger partial charge in [-0.1, -0.05) is 6.07 Å². The van der Waals surface area contributed by atoms with E-state index in [-0.39, 0.29) is 23.9 Å². The zero-order chi connectivity index (χ0) is 24.9. The number of aliphatic hydroxyl groups excluding tert-OH is 1. The second kappa shape index (κ2) is 8.83. The van der Waals surface area contributed by atoms with Crippen molar-refractivity contribution in [2.45, 2.75) is 38.9 Å². The first kappa shape index (κ1) is 22.9. The highest BCUT2D eigenvalue weighted by molar-refractivity contribution is 5.99. The molecule has 3 aliphatic heterocycles. The van der Waals surface area contributed by atoms with Crippen molar-refractivity contribution in [3.8, 4) is 11.4 Å². The van der Waals surface area contributed by atoms with E-state index in [0.717, 1.165) is 54.6 Å². The number of β-amino-alcohol motifs (C(OH)–C–C–N with tert-alkyl or cyclic N) is 1. The van der Waals surface area contributed by atoms with E-state index in [1.807, 2.05) is 13.0 Å². The van der Waals surface area contributed by atoms with E-state index in [0.29, 0.717) is 30.3 Å². The predicted molar refractivity (Wildman–Crippen MR) is 130 cm³/mol. The van der Waals surface area contributed by atoms with Crippen LogP contribution in [0.2, 0.25) is 0 Å². The molecule has 2 fully saturated rings. The third kappa shape index (κ3) is 3.79. The standard InChI is InChI=1S/C27H28N4O5/c1-17-19(2-3-20-21(17)16-36-25(20)33)22(32)14-30-10-6-27(7-11-30)8-12-31(26(27)34)23-4-9-28-24(29-23)18-5-13-35-15-18/h2-5,9,13,15,22,32H,6-8,10-12,14,16H2,1H3. The van der Waals surface area contributed by atoms with Crippen LogP contribution < -0.4 is 4.90 Å². The van der Waals surface area contributed by atoms with Gasteiger partial charge in [-0.15, -0.1) is 0 Å². The molecular formula is C27H28N4O5. The molecule has 1 spiro atoms. The summed E-state index contributed by atoms with van der Waals surface area (Å²) in [6.07, 6.45) is 6.47. The Kier molecular flexibility index (Phi) is 5.61.